The lowest BCUT2D eigenvalue weighted by molar-refractivity contribution is -0.0669. The third-order valence-corrected chi connectivity index (χ3v) is 3.06. The molecular weight excluding hydrogens is 230 g/mol. The van der Waals surface area contributed by atoms with Crippen molar-refractivity contribution < 1.29 is 14.6 Å². The summed E-state index contributed by atoms with van der Waals surface area (Å²) >= 11 is 0. The minimum atomic E-state index is 0.0158. The van der Waals surface area contributed by atoms with Crippen LogP contribution in [0.25, 0.3) is 0 Å². The van der Waals surface area contributed by atoms with Gasteiger partial charge in [0.1, 0.15) is 12.0 Å². The molecule has 18 heavy (non-hydrogen) atoms. The summed E-state index contributed by atoms with van der Waals surface area (Å²) in [5.74, 6) is 0.282. The Kier molecular flexibility index (Phi) is 4.99. The van der Waals surface area contributed by atoms with Crippen molar-refractivity contribution in [2.75, 3.05) is 13.2 Å². The highest BCUT2D eigenvalue weighted by Crippen LogP contribution is 2.16. The third-order valence-electron chi connectivity index (χ3n) is 3.06. The van der Waals surface area contributed by atoms with Crippen LogP contribution >= 0.6 is 0 Å². The van der Waals surface area contributed by atoms with Crippen LogP contribution in [-0.2, 0) is 16.1 Å². The van der Waals surface area contributed by atoms with Crippen LogP contribution < -0.4 is 5.32 Å². The average molecular weight is 251 g/mol. The van der Waals surface area contributed by atoms with Gasteiger partial charge in [-0.05, 0) is 24.1 Å². The Morgan fingerprint density at radius 2 is 2.22 bits per heavy atom. The van der Waals surface area contributed by atoms with Gasteiger partial charge in [0.25, 0.3) is 0 Å². The summed E-state index contributed by atoms with van der Waals surface area (Å²) in [6.45, 7) is 4.35. The molecule has 0 aromatic heterocycles. The van der Waals surface area contributed by atoms with Gasteiger partial charge in [0.05, 0.1) is 19.3 Å². The lowest BCUT2D eigenvalue weighted by Gasteiger charge is -2.23. The van der Waals surface area contributed by atoms with Crippen molar-refractivity contribution in [3.05, 3.63) is 29.8 Å². The van der Waals surface area contributed by atoms with Gasteiger partial charge in [0.15, 0.2) is 0 Å². The number of rotatable bonds is 6. The van der Waals surface area contributed by atoms with E-state index < -0.39 is 0 Å². The van der Waals surface area contributed by atoms with Crippen molar-refractivity contribution in [1.29, 1.82) is 0 Å². The molecule has 4 nitrogen and oxygen atoms in total. The van der Waals surface area contributed by atoms with Crippen molar-refractivity contribution in [1.82, 2.24) is 5.32 Å². The number of aromatic hydroxyl groups is 1. The zero-order valence-electron chi connectivity index (χ0n) is 10.8. The van der Waals surface area contributed by atoms with E-state index in [-0.39, 0.29) is 18.1 Å². The fourth-order valence-electron chi connectivity index (χ4n) is 2.09. The predicted octanol–water partition coefficient (Wildman–Crippen LogP) is 2.02. The molecule has 100 valence electrons. The van der Waals surface area contributed by atoms with E-state index in [0.717, 1.165) is 31.6 Å². The Bertz CT molecular complexity index is 347. The maximum absolute atomic E-state index is 9.22. The Morgan fingerprint density at radius 3 is 2.83 bits per heavy atom. The molecular formula is C14H21NO3. The zero-order valence-corrected chi connectivity index (χ0v) is 10.8. The molecule has 0 aliphatic carbocycles. The fraction of sp³-hybridized carbons (Fsp3) is 0.571. The fourth-order valence-corrected chi connectivity index (χ4v) is 2.09. The molecule has 1 aliphatic heterocycles. The van der Waals surface area contributed by atoms with E-state index >= 15 is 0 Å². The van der Waals surface area contributed by atoms with Crippen molar-refractivity contribution in [2.24, 2.45) is 0 Å². The van der Waals surface area contributed by atoms with Crippen LogP contribution in [0.2, 0.25) is 0 Å². The highest BCUT2D eigenvalue weighted by Gasteiger charge is 2.25. The number of phenols is 1. The summed E-state index contributed by atoms with van der Waals surface area (Å²) in [6, 6.07) is 7.11. The second-order valence-corrected chi connectivity index (χ2v) is 4.55. The molecule has 1 aromatic rings. The molecule has 0 radical (unpaired) electrons. The third kappa shape index (κ3) is 3.70. The van der Waals surface area contributed by atoms with E-state index in [2.05, 4.69) is 12.2 Å². The zero-order chi connectivity index (χ0) is 12.8. The van der Waals surface area contributed by atoms with Crippen molar-refractivity contribution >= 4 is 0 Å². The summed E-state index contributed by atoms with van der Waals surface area (Å²) in [5.41, 5.74) is 1.06. The van der Waals surface area contributed by atoms with Gasteiger partial charge in [0, 0.05) is 6.54 Å². The molecule has 0 saturated carbocycles. The highest BCUT2D eigenvalue weighted by atomic mass is 16.6. The molecule has 2 rings (SSSR count). The van der Waals surface area contributed by atoms with Gasteiger partial charge in [-0.25, -0.2) is 0 Å². The summed E-state index contributed by atoms with van der Waals surface area (Å²) in [4.78, 5) is 0. The van der Waals surface area contributed by atoms with Gasteiger partial charge in [0.2, 0.25) is 0 Å². The maximum Gasteiger partial charge on any atom is 0.134 e. The van der Waals surface area contributed by atoms with Crippen molar-refractivity contribution in [2.45, 2.75) is 38.7 Å². The monoisotopic (exact) mass is 251 g/mol. The highest BCUT2D eigenvalue weighted by molar-refractivity contribution is 5.25. The molecule has 0 amide bonds. The quantitative estimate of drug-likeness (QED) is 0.812. The summed E-state index contributed by atoms with van der Waals surface area (Å²) in [6.07, 6.45) is 2.16. The minimum Gasteiger partial charge on any atom is -0.508 e. The maximum atomic E-state index is 9.22. The molecule has 1 aliphatic rings. The van der Waals surface area contributed by atoms with Crippen LogP contribution in [0.1, 0.15) is 25.3 Å². The lowest BCUT2D eigenvalue weighted by Crippen LogP contribution is -2.37. The van der Waals surface area contributed by atoms with Gasteiger partial charge in [-0.1, -0.05) is 25.5 Å². The lowest BCUT2D eigenvalue weighted by atomic mass is 10.1. The molecule has 2 N–H and O–H groups in total. The van der Waals surface area contributed by atoms with Crippen LogP contribution in [0.5, 0.6) is 5.75 Å². The number of phenolic OH excluding ortho intramolecular Hbond substituents is 1. The largest absolute Gasteiger partial charge is 0.508 e. The van der Waals surface area contributed by atoms with E-state index in [1.165, 1.54) is 0 Å². The molecule has 2 unspecified atom stereocenters. The number of ether oxygens (including phenoxy) is 2. The number of hydrogen-bond acceptors (Lipinski definition) is 4. The standard InChI is InChI=1S/C14H21NO3/c1-2-3-13(14-15-8-9-17-14)18-10-11-4-6-12(16)7-5-11/h4-7,13-16H,2-3,8-10H2,1H3. The Balaban J connectivity index is 1.86. The molecule has 1 heterocycles. The van der Waals surface area contributed by atoms with Crippen molar-refractivity contribution in [3.63, 3.8) is 0 Å². The molecule has 4 heteroatoms. The van der Waals surface area contributed by atoms with Crippen LogP contribution in [0, 0.1) is 0 Å². The molecule has 1 aromatic carbocycles. The first-order valence-electron chi connectivity index (χ1n) is 6.54. The van der Waals surface area contributed by atoms with Gasteiger partial charge < -0.3 is 14.6 Å². The van der Waals surface area contributed by atoms with Gasteiger partial charge in [-0.3, -0.25) is 5.32 Å². The smallest absolute Gasteiger partial charge is 0.134 e. The first-order chi connectivity index (χ1) is 8.79. The molecule has 2 atom stereocenters. The van der Waals surface area contributed by atoms with Gasteiger partial charge in [-0.15, -0.1) is 0 Å². The van der Waals surface area contributed by atoms with Crippen LogP contribution in [0.3, 0.4) is 0 Å². The van der Waals surface area contributed by atoms with Crippen LogP contribution in [0.4, 0.5) is 0 Å². The number of nitrogens with one attached hydrogen (secondary N) is 1. The van der Waals surface area contributed by atoms with Crippen molar-refractivity contribution in [3.8, 4) is 5.75 Å². The first-order valence-corrected chi connectivity index (χ1v) is 6.54. The van der Waals surface area contributed by atoms with E-state index in [9.17, 15) is 5.11 Å². The second kappa shape index (κ2) is 6.73. The van der Waals surface area contributed by atoms with E-state index in [1.807, 2.05) is 12.1 Å². The van der Waals surface area contributed by atoms with E-state index in [1.54, 1.807) is 12.1 Å². The van der Waals surface area contributed by atoms with Gasteiger partial charge >= 0.3 is 0 Å². The number of benzene rings is 1. The molecule has 1 fully saturated rings. The van der Waals surface area contributed by atoms with E-state index in [0.29, 0.717) is 6.61 Å². The Labute approximate surface area is 108 Å². The van der Waals surface area contributed by atoms with E-state index in [4.69, 9.17) is 9.47 Å². The molecule has 0 bridgehead atoms. The summed E-state index contributed by atoms with van der Waals surface area (Å²) in [5, 5.41) is 12.5. The van der Waals surface area contributed by atoms with Crippen LogP contribution in [0.15, 0.2) is 24.3 Å². The first kappa shape index (κ1) is 13.3. The topological polar surface area (TPSA) is 50.7 Å². The Hall–Kier alpha value is -1.10. The molecule has 0 spiro atoms. The molecule has 1 saturated heterocycles. The predicted molar refractivity (Wildman–Crippen MR) is 69.3 cm³/mol. The SMILES string of the molecule is CCCC(OCc1ccc(O)cc1)C1NCCO1. The van der Waals surface area contributed by atoms with Crippen LogP contribution in [-0.4, -0.2) is 30.6 Å². The minimum absolute atomic E-state index is 0.0158. The average Bonchev–Trinajstić information content (AvgIpc) is 2.90. The normalized spacial score (nSPS) is 21.1. The summed E-state index contributed by atoms with van der Waals surface area (Å²) in [7, 11) is 0. The number of hydrogen-bond donors (Lipinski definition) is 2. The van der Waals surface area contributed by atoms with Gasteiger partial charge in [-0.2, -0.15) is 0 Å². The second-order valence-electron chi connectivity index (χ2n) is 4.55. The summed E-state index contributed by atoms with van der Waals surface area (Å²) < 4.78 is 11.5. The Morgan fingerprint density at radius 1 is 1.44 bits per heavy atom.